The molecule has 49 heavy (non-hydrogen) atoms. The lowest BCUT2D eigenvalue weighted by atomic mass is 9.94. The van der Waals surface area contributed by atoms with E-state index >= 15 is 0 Å². The topological polar surface area (TPSA) is 43.6 Å². The Morgan fingerprint density at radius 2 is 0.918 bits per heavy atom. The molecule has 230 valence electrons. The molecule has 0 saturated heterocycles. The van der Waals surface area contributed by atoms with Crippen LogP contribution in [0, 0.1) is 0 Å². The average molecular weight is 627 g/mol. The molecule has 5 aromatic carbocycles. The van der Waals surface area contributed by atoms with Crippen molar-refractivity contribution in [1.82, 2.24) is 19.5 Å². The molecule has 4 nitrogen and oxygen atoms in total. The highest BCUT2D eigenvalue weighted by Crippen LogP contribution is 2.36. The molecule has 9 aromatic rings. The zero-order valence-electron chi connectivity index (χ0n) is 26.6. The molecule has 0 saturated carbocycles. The second-order valence-corrected chi connectivity index (χ2v) is 12.1. The molecule has 4 heterocycles. The molecule has 0 atom stereocenters. The van der Waals surface area contributed by atoms with E-state index in [1.165, 1.54) is 5.39 Å². The Kier molecular flexibility index (Phi) is 7.10. The fraction of sp³-hybridized carbons (Fsp3) is 0. The summed E-state index contributed by atoms with van der Waals surface area (Å²) >= 11 is 0. The van der Waals surface area contributed by atoms with E-state index in [1.54, 1.807) is 0 Å². The van der Waals surface area contributed by atoms with Crippen LogP contribution in [0.5, 0.6) is 0 Å². The first kappa shape index (κ1) is 28.6. The zero-order valence-corrected chi connectivity index (χ0v) is 26.6. The van der Waals surface area contributed by atoms with E-state index in [-0.39, 0.29) is 0 Å². The molecule has 0 amide bonds. The fourth-order valence-electron chi connectivity index (χ4n) is 6.72. The molecule has 0 radical (unpaired) electrons. The molecule has 0 fully saturated rings. The van der Waals surface area contributed by atoms with Gasteiger partial charge >= 0.3 is 0 Å². The Morgan fingerprint density at radius 3 is 1.63 bits per heavy atom. The van der Waals surface area contributed by atoms with Crippen molar-refractivity contribution in [3.63, 3.8) is 0 Å². The van der Waals surface area contributed by atoms with Crippen molar-refractivity contribution in [2.75, 3.05) is 0 Å². The lowest BCUT2D eigenvalue weighted by molar-refractivity contribution is 1.14. The van der Waals surface area contributed by atoms with Crippen molar-refractivity contribution < 1.29 is 0 Å². The van der Waals surface area contributed by atoms with Gasteiger partial charge in [-0.1, -0.05) is 97.1 Å². The summed E-state index contributed by atoms with van der Waals surface area (Å²) < 4.78 is 2.24. The summed E-state index contributed by atoms with van der Waals surface area (Å²) in [6.07, 6.45) is 3.68. The molecule has 0 aliphatic carbocycles. The van der Waals surface area contributed by atoms with Gasteiger partial charge in [-0.25, -0.2) is 9.97 Å². The Morgan fingerprint density at radius 1 is 0.347 bits per heavy atom. The van der Waals surface area contributed by atoms with Crippen LogP contribution >= 0.6 is 0 Å². The highest BCUT2D eigenvalue weighted by Gasteiger charge is 2.15. The number of hydrogen-bond acceptors (Lipinski definition) is 3. The van der Waals surface area contributed by atoms with Crippen LogP contribution in [0.15, 0.2) is 182 Å². The summed E-state index contributed by atoms with van der Waals surface area (Å²) in [5.74, 6) is 0. The summed E-state index contributed by atoms with van der Waals surface area (Å²) in [4.78, 5) is 14.7. The minimum atomic E-state index is 0.829. The molecular formula is C45H30N4. The Bertz CT molecular complexity index is 2460. The fourth-order valence-corrected chi connectivity index (χ4v) is 6.72. The van der Waals surface area contributed by atoms with Crippen molar-refractivity contribution >= 4 is 21.9 Å². The van der Waals surface area contributed by atoms with Gasteiger partial charge in [-0.3, -0.25) is 9.55 Å². The maximum absolute atomic E-state index is 5.22. The average Bonchev–Trinajstić information content (AvgIpc) is 3.53. The second-order valence-electron chi connectivity index (χ2n) is 12.1. The van der Waals surface area contributed by atoms with Crippen LogP contribution in [0.3, 0.4) is 0 Å². The largest absolute Gasteiger partial charge is 0.294 e. The van der Waals surface area contributed by atoms with Gasteiger partial charge < -0.3 is 0 Å². The van der Waals surface area contributed by atoms with E-state index in [0.29, 0.717) is 0 Å². The van der Waals surface area contributed by atoms with Crippen LogP contribution in [-0.2, 0) is 0 Å². The lowest BCUT2D eigenvalue weighted by Crippen LogP contribution is -1.96. The van der Waals surface area contributed by atoms with Crippen molar-refractivity contribution in [3.8, 4) is 61.7 Å². The first-order valence-electron chi connectivity index (χ1n) is 16.4. The zero-order chi connectivity index (χ0) is 32.6. The van der Waals surface area contributed by atoms with E-state index in [9.17, 15) is 0 Å². The summed E-state index contributed by atoms with van der Waals surface area (Å²) in [6.45, 7) is 0. The number of nitrogens with zero attached hydrogens (tertiary/aromatic N) is 4. The van der Waals surface area contributed by atoms with Crippen molar-refractivity contribution in [2.45, 2.75) is 0 Å². The number of benzene rings is 5. The van der Waals surface area contributed by atoms with Gasteiger partial charge in [0.2, 0.25) is 0 Å². The number of para-hydroxylation sites is 1. The molecule has 0 unspecified atom stereocenters. The molecule has 0 bridgehead atoms. The third kappa shape index (κ3) is 5.35. The third-order valence-electron chi connectivity index (χ3n) is 9.09. The van der Waals surface area contributed by atoms with E-state index < -0.39 is 0 Å². The predicted molar refractivity (Wildman–Crippen MR) is 201 cm³/mol. The SMILES string of the molecule is c1ccc(-c2cc(-c3ccccc3)cc(-c3cc(-c4ccc(-n5c6ccccc6c6cccnc65)cc4)cc(-c4ccccn4)n3)c2)cc1. The maximum atomic E-state index is 5.22. The van der Waals surface area contributed by atoms with Gasteiger partial charge in [0, 0.05) is 34.4 Å². The molecule has 4 heteroatoms. The molecule has 0 aliphatic heterocycles. The molecule has 9 rings (SSSR count). The lowest BCUT2D eigenvalue weighted by Gasteiger charge is -2.14. The number of pyridine rings is 3. The third-order valence-corrected chi connectivity index (χ3v) is 9.09. The first-order valence-corrected chi connectivity index (χ1v) is 16.4. The normalized spacial score (nSPS) is 11.3. The van der Waals surface area contributed by atoms with Crippen LogP contribution in [0.2, 0.25) is 0 Å². The smallest absolute Gasteiger partial charge is 0.145 e. The van der Waals surface area contributed by atoms with Crippen molar-refractivity contribution in [2.24, 2.45) is 0 Å². The molecule has 0 N–H and O–H groups in total. The van der Waals surface area contributed by atoms with Gasteiger partial charge in [0.05, 0.1) is 22.6 Å². The summed E-state index contributed by atoms with van der Waals surface area (Å²) in [7, 11) is 0. The number of fused-ring (bicyclic) bond motifs is 3. The second kappa shape index (κ2) is 12.2. The van der Waals surface area contributed by atoms with Crippen LogP contribution in [0.1, 0.15) is 0 Å². The minimum absolute atomic E-state index is 0.829. The minimum Gasteiger partial charge on any atom is -0.294 e. The Hall–Kier alpha value is -6.65. The van der Waals surface area contributed by atoms with Gasteiger partial charge in [-0.05, 0) is 106 Å². The summed E-state index contributed by atoms with van der Waals surface area (Å²) in [5.41, 5.74) is 13.6. The number of aromatic nitrogens is 4. The predicted octanol–water partition coefficient (Wildman–Crippen LogP) is 11.3. The highest BCUT2D eigenvalue weighted by molar-refractivity contribution is 6.07. The van der Waals surface area contributed by atoms with E-state index in [4.69, 9.17) is 9.97 Å². The summed E-state index contributed by atoms with van der Waals surface area (Å²) in [6, 6.07) is 59.5. The van der Waals surface area contributed by atoms with Gasteiger partial charge in [0.25, 0.3) is 0 Å². The molecule has 4 aromatic heterocycles. The Balaban J connectivity index is 1.20. The van der Waals surface area contributed by atoms with Crippen LogP contribution in [0.25, 0.3) is 83.6 Å². The quantitative estimate of drug-likeness (QED) is 0.184. The maximum Gasteiger partial charge on any atom is 0.145 e. The van der Waals surface area contributed by atoms with Gasteiger partial charge in [0.15, 0.2) is 0 Å². The van der Waals surface area contributed by atoms with Gasteiger partial charge in [-0.15, -0.1) is 0 Å². The van der Waals surface area contributed by atoms with E-state index in [2.05, 4.69) is 155 Å². The first-order chi connectivity index (χ1) is 24.3. The van der Waals surface area contributed by atoms with E-state index in [1.807, 2.05) is 36.7 Å². The van der Waals surface area contributed by atoms with Crippen LogP contribution in [-0.4, -0.2) is 19.5 Å². The summed E-state index contributed by atoms with van der Waals surface area (Å²) in [5, 5.41) is 2.34. The molecule has 0 aliphatic rings. The number of hydrogen-bond donors (Lipinski definition) is 0. The van der Waals surface area contributed by atoms with Crippen molar-refractivity contribution in [1.29, 1.82) is 0 Å². The standard InChI is InChI=1S/C45H30N4/c1-3-12-31(13-4-1)34-26-35(32-14-5-2-6-15-32)28-37(27-34)42-29-36(30-43(48-42)41-18-9-10-24-46-41)33-20-22-38(23-21-33)49-44-19-8-7-16-39(44)40-17-11-25-47-45(40)49/h1-30H. The van der Waals surface area contributed by atoms with Gasteiger partial charge in [-0.2, -0.15) is 0 Å². The number of rotatable bonds is 6. The molecule has 0 spiro atoms. The monoisotopic (exact) mass is 626 g/mol. The van der Waals surface area contributed by atoms with Crippen LogP contribution in [0.4, 0.5) is 0 Å². The Labute approximate surface area is 284 Å². The van der Waals surface area contributed by atoms with Crippen molar-refractivity contribution in [3.05, 3.63) is 182 Å². The highest BCUT2D eigenvalue weighted by atomic mass is 15.0. The van der Waals surface area contributed by atoms with E-state index in [0.717, 1.165) is 78.3 Å². The van der Waals surface area contributed by atoms with Crippen LogP contribution < -0.4 is 0 Å². The molecular weight excluding hydrogens is 597 g/mol. The van der Waals surface area contributed by atoms with Gasteiger partial charge in [0.1, 0.15) is 5.65 Å².